The normalized spacial score (nSPS) is 14.9. The van der Waals surface area contributed by atoms with Crippen molar-refractivity contribution in [2.75, 3.05) is 13.1 Å². The number of nitrogens with one attached hydrogen (secondary N) is 2. The summed E-state index contributed by atoms with van der Waals surface area (Å²) in [5.74, 6) is 0. The first-order chi connectivity index (χ1) is 8.90. The summed E-state index contributed by atoms with van der Waals surface area (Å²) in [6.07, 6.45) is 6.60. The molecule has 100 valence electrons. The largest absolute Gasteiger partial charge is 0.314 e. The van der Waals surface area contributed by atoms with E-state index in [0.29, 0.717) is 0 Å². The average Bonchev–Trinajstić information content (AvgIpc) is 3.21. The monoisotopic (exact) mass is 246 g/mol. The molecule has 0 saturated heterocycles. The van der Waals surface area contributed by atoms with Gasteiger partial charge in [-0.1, -0.05) is 31.2 Å². The number of aryl methyl sites for hydroxylation is 1. The molecule has 2 rings (SSSR count). The fourth-order valence-corrected chi connectivity index (χ4v) is 2.27. The van der Waals surface area contributed by atoms with Crippen molar-refractivity contribution in [1.82, 2.24) is 10.6 Å². The van der Waals surface area contributed by atoms with Crippen molar-refractivity contribution >= 4 is 0 Å². The minimum absolute atomic E-state index is 0.853. The number of rotatable bonds is 9. The summed E-state index contributed by atoms with van der Waals surface area (Å²) in [6.45, 7) is 5.40. The van der Waals surface area contributed by atoms with E-state index in [4.69, 9.17) is 0 Å². The van der Waals surface area contributed by atoms with E-state index in [1.165, 1.54) is 49.8 Å². The highest BCUT2D eigenvalue weighted by Crippen LogP contribution is 2.18. The third kappa shape index (κ3) is 4.79. The van der Waals surface area contributed by atoms with Gasteiger partial charge in [0.1, 0.15) is 0 Å². The molecule has 0 unspecified atom stereocenters. The summed E-state index contributed by atoms with van der Waals surface area (Å²) < 4.78 is 0. The first-order valence-electron chi connectivity index (χ1n) is 7.41. The zero-order valence-electron chi connectivity index (χ0n) is 11.5. The molecule has 0 heterocycles. The molecule has 0 spiro atoms. The third-order valence-electron chi connectivity index (χ3n) is 3.57. The molecule has 0 radical (unpaired) electrons. The number of unbranched alkanes of at least 4 members (excludes halogenated alkanes) is 1. The Labute approximate surface area is 111 Å². The highest BCUT2D eigenvalue weighted by Gasteiger charge is 2.19. The maximum absolute atomic E-state index is 3.58. The summed E-state index contributed by atoms with van der Waals surface area (Å²) in [4.78, 5) is 0. The maximum Gasteiger partial charge on any atom is 0.0208 e. The van der Waals surface area contributed by atoms with Crippen LogP contribution in [0.3, 0.4) is 0 Å². The van der Waals surface area contributed by atoms with E-state index in [9.17, 15) is 0 Å². The van der Waals surface area contributed by atoms with Crippen LogP contribution < -0.4 is 10.6 Å². The minimum atomic E-state index is 0.853. The molecule has 18 heavy (non-hydrogen) atoms. The van der Waals surface area contributed by atoms with Crippen molar-refractivity contribution in [1.29, 1.82) is 0 Å². The van der Waals surface area contributed by atoms with Crippen molar-refractivity contribution in [2.45, 2.75) is 51.6 Å². The Balaban J connectivity index is 1.69. The van der Waals surface area contributed by atoms with Crippen LogP contribution >= 0.6 is 0 Å². The van der Waals surface area contributed by atoms with Gasteiger partial charge in [-0.05, 0) is 56.3 Å². The minimum Gasteiger partial charge on any atom is -0.314 e. The molecule has 0 aliphatic heterocycles. The van der Waals surface area contributed by atoms with Crippen LogP contribution in [0.2, 0.25) is 0 Å². The maximum atomic E-state index is 3.58. The Morgan fingerprint density at radius 2 is 1.89 bits per heavy atom. The second-order valence-electron chi connectivity index (χ2n) is 5.23. The molecule has 2 heteroatoms. The molecule has 1 aliphatic carbocycles. The lowest BCUT2D eigenvalue weighted by Gasteiger charge is -2.10. The molecule has 0 aromatic heterocycles. The van der Waals surface area contributed by atoms with Crippen molar-refractivity contribution in [3.05, 3.63) is 35.4 Å². The zero-order valence-corrected chi connectivity index (χ0v) is 11.5. The van der Waals surface area contributed by atoms with E-state index in [1.54, 1.807) is 0 Å². The lowest BCUT2D eigenvalue weighted by molar-refractivity contribution is 0.617. The molecule has 1 fully saturated rings. The van der Waals surface area contributed by atoms with Crippen molar-refractivity contribution < 1.29 is 0 Å². The Morgan fingerprint density at radius 3 is 2.61 bits per heavy atom. The van der Waals surface area contributed by atoms with Gasteiger partial charge in [0.2, 0.25) is 0 Å². The highest BCUT2D eigenvalue weighted by molar-refractivity contribution is 5.27. The van der Waals surface area contributed by atoms with E-state index < -0.39 is 0 Å². The van der Waals surface area contributed by atoms with Gasteiger partial charge in [0.05, 0.1) is 0 Å². The van der Waals surface area contributed by atoms with Gasteiger partial charge < -0.3 is 10.6 Å². The molecule has 1 aliphatic rings. The summed E-state index contributed by atoms with van der Waals surface area (Å²) in [7, 11) is 0. The molecule has 1 saturated carbocycles. The van der Waals surface area contributed by atoms with E-state index in [1.807, 2.05) is 0 Å². The molecule has 1 aromatic carbocycles. The molecule has 0 amide bonds. The molecule has 0 atom stereocenters. The SMILES string of the molecule is CCNCc1ccccc1CCCCNC1CC1. The Morgan fingerprint density at radius 1 is 1.11 bits per heavy atom. The second kappa shape index (κ2) is 7.55. The van der Waals surface area contributed by atoms with Gasteiger partial charge in [-0.3, -0.25) is 0 Å². The lowest BCUT2D eigenvalue weighted by Crippen LogP contribution is -2.17. The number of hydrogen-bond donors (Lipinski definition) is 2. The quantitative estimate of drug-likeness (QED) is 0.655. The first kappa shape index (κ1) is 13.6. The van der Waals surface area contributed by atoms with Crippen LogP contribution in [0.15, 0.2) is 24.3 Å². The predicted molar refractivity (Wildman–Crippen MR) is 77.8 cm³/mol. The molecule has 2 N–H and O–H groups in total. The smallest absolute Gasteiger partial charge is 0.0208 e. The van der Waals surface area contributed by atoms with Gasteiger partial charge >= 0.3 is 0 Å². The summed E-state index contributed by atoms with van der Waals surface area (Å²) in [6, 6.07) is 9.69. The van der Waals surface area contributed by atoms with Crippen molar-refractivity contribution in [2.24, 2.45) is 0 Å². The van der Waals surface area contributed by atoms with E-state index in [2.05, 4.69) is 41.8 Å². The average molecular weight is 246 g/mol. The van der Waals surface area contributed by atoms with E-state index in [-0.39, 0.29) is 0 Å². The predicted octanol–water partition coefficient (Wildman–Crippen LogP) is 2.87. The zero-order chi connectivity index (χ0) is 12.6. The fraction of sp³-hybridized carbons (Fsp3) is 0.625. The van der Waals surface area contributed by atoms with E-state index in [0.717, 1.165) is 19.1 Å². The van der Waals surface area contributed by atoms with Crippen LogP contribution in [0.1, 0.15) is 43.7 Å². The van der Waals surface area contributed by atoms with Crippen LogP contribution in [0, 0.1) is 0 Å². The van der Waals surface area contributed by atoms with E-state index >= 15 is 0 Å². The van der Waals surface area contributed by atoms with Crippen LogP contribution in [0.4, 0.5) is 0 Å². The molecule has 2 nitrogen and oxygen atoms in total. The molecule has 1 aromatic rings. The fourth-order valence-electron chi connectivity index (χ4n) is 2.27. The van der Waals surface area contributed by atoms with Gasteiger partial charge in [-0.2, -0.15) is 0 Å². The van der Waals surface area contributed by atoms with Crippen LogP contribution in [0.5, 0.6) is 0 Å². The summed E-state index contributed by atoms with van der Waals surface area (Å²) in [5, 5.41) is 7.00. The van der Waals surface area contributed by atoms with Gasteiger partial charge in [-0.25, -0.2) is 0 Å². The second-order valence-corrected chi connectivity index (χ2v) is 5.23. The standard InChI is InChI=1S/C16H26N2/c1-2-17-13-15-9-4-3-7-14(15)8-5-6-12-18-16-10-11-16/h3-4,7,9,16-18H,2,5-6,8,10-13H2,1H3. The third-order valence-corrected chi connectivity index (χ3v) is 3.57. The van der Waals surface area contributed by atoms with Gasteiger partial charge in [0.25, 0.3) is 0 Å². The van der Waals surface area contributed by atoms with Gasteiger partial charge in [-0.15, -0.1) is 0 Å². The Hall–Kier alpha value is -0.860. The summed E-state index contributed by atoms with van der Waals surface area (Å²) in [5.41, 5.74) is 2.99. The van der Waals surface area contributed by atoms with Crippen LogP contribution in [-0.2, 0) is 13.0 Å². The van der Waals surface area contributed by atoms with Gasteiger partial charge in [0, 0.05) is 12.6 Å². The Bertz CT molecular complexity index is 345. The van der Waals surface area contributed by atoms with Crippen molar-refractivity contribution in [3.63, 3.8) is 0 Å². The van der Waals surface area contributed by atoms with Crippen LogP contribution in [0.25, 0.3) is 0 Å². The Kier molecular flexibility index (Phi) is 5.69. The highest BCUT2D eigenvalue weighted by atomic mass is 14.9. The molecular formula is C16H26N2. The molecule has 0 bridgehead atoms. The lowest BCUT2D eigenvalue weighted by atomic mass is 10.0. The van der Waals surface area contributed by atoms with Crippen molar-refractivity contribution in [3.8, 4) is 0 Å². The number of benzene rings is 1. The number of hydrogen-bond acceptors (Lipinski definition) is 2. The van der Waals surface area contributed by atoms with Gasteiger partial charge in [0.15, 0.2) is 0 Å². The first-order valence-corrected chi connectivity index (χ1v) is 7.41. The topological polar surface area (TPSA) is 24.1 Å². The molecular weight excluding hydrogens is 220 g/mol. The van der Waals surface area contributed by atoms with Crippen LogP contribution in [-0.4, -0.2) is 19.1 Å². The summed E-state index contributed by atoms with van der Waals surface area (Å²) >= 11 is 0.